The molecule has 0 bridgehead atoms. The third-order valence-corrected chi connectivity index (χ3v) is 3.13. The summed E-state index contributed by atoms with van der Waals surface area (Å²) in [4.78, 5) is 11.0. The predicted octanol–water partition coefficient (Wildman–Crippen LogP) is 1.88. The summed E-state index contributed by atoms with van der Waals surface area (Å²) in [6.45, 7) is 5.94. The minimum absolute atomic E-state index is 0.434. The maximum Gasteiger partial charge on any atom is 0.310 e. The molecular formula is C11H21NO2. The number of carboxylic acid groups (broad SMARTS) is 1. The first kappa shape index (κ1) is 11.5. The summed E-state index contributed by atoms with van der Waals surface area (Å²) < 4.78 is 0. The molecule has 82 valence electrons. The van der Waals surface area contributed by atoms with Gasteiger partial charge in [0.1, 0.15) is 0 Å². The Balaban J connectivity index is 2.19. The zero-order chi connectivity index (χ0) is 10.6. The first-order chi connectivity index (χ1) is 6.57. The molecule has 2 N–H and O–H groups in total. The van der Waals surface area contributed by atoms with E-state index in [2.05, 4.69) is 19.2 Å². The summed E-state index contributed by atoms with van der Waals surface area (Å²) in [5.74, 6) is 0.0606. The Morgan fingerprint density at radius 1 is 1.50 bits per heavy atom. The number of aliphatic carboxylic acids is 1. The summed E-state index contributed by atoms with van der Waals surface area (Å²) in [7, 11) is 0. The lowest BCUT2D eigenvalue weighted by molar-refractivity contribution is -0.154. The summed E-state index contributed by atoms with van der Waals surface area (Å²) in [6, 6.07) is 0. The van der Waals surface area contributed by atoms with Crippen LogP contribution in [0.15, 0.2) is 0 Å². The van der Waals surface area contributed by atoms with Gasteiger partial charge < -0.3 is 10.4 Å². The molecule has 0 heterocycles. The molecular weight excluding hydrogens is 178 g/mol. The molecule has 0 aliphatic heterocycles. The van der Waals surface area contributed by atoms with Crippen LogP contribution in [0.25, 0.3) is 0 Å². The monoisotopic (exact) mass is 199 g/mol. The van der Waals surface area contributed by atoms with Gasteiger partial charge in [-0.15, -0.1) is 0 Å². The highest BCUT2D eigenvalue weighted by atomic mass is 16.4. The molecule has 0 amide bonds. The average molecular weight is 199 g/mol. The van der Waals surface area contributed by atoms with E-state index >= 15 is 0 Å². The van der Waals surface area contributed by atoms with Crippen LogP contribution < -0.4 is 5.32 Å². The standard InChI is InChI=1S/C11H21NO2/c1-9(2)4-7-12-8-11(10(13)14)5-3-6-11/h9,12H,3-8H2,1-2H3,(H,13,14). The number of carbonyl (C=O) groups is 1. The zero-order valence-corrected chi connectivity index (χ0v) is 9.18. The molecule has 1 aliphatic carbocycles. The van der Waals surface area contributed by atoms with Gasteiger partial charge in [0.05, 0.1) is 5.41 Å². The fourth-order valence-electron chi connectivity index (χ4n) is 1.79. The number of hydrogen-bond acceptors (Lipinski definition) is 2. The number of hydrogen-bond donors (Lipinski definition) is 2. The van der Waals surface area contributed by atoms with Gasteiger partial charge >= 0.3 is 5.97 Å². The molecule has 14 heavy (non-hydrogen) atoms. The molecule has 3 heteroatoms. The van der Waals surface area contributed by atoms with Crippen LogP contribution in [-0.2, 0) is 4.79 Å². The largest absolute Gasteiger partial charge is 0.481 e. The Morgan fingerprint density at radius 2 is 2.14 bits per heavy atom. The summed E-state index contributed by atoms with van der Waals surface area (Å²) in [6.07, 6.45) is 3.88. The highest BCUT2D eigenvalue weighted by molar-refractivity contribution is 5.76. The minimum atomic E-state index is -0.624. The van der Waals surface area contributed by atoms with Gasteiger partial charge in [-0.2, -0.15) is 0 Å². The van der Waals surface area contributed by atoms with Crippen LogP contribution in [0, 0.1) is 11.3 Å². The van der Waals surface area contributed by atoms with Crippen molar-refractivity contribution >= 4 is 5.97 Å². The lowest BCUT2D eigenvalue weighted by atomic mass is 9.69. The fraction of sp³-hybridized carbons (Fsp3) is 0.909. The maximum atomic E-state index is 11.0. The molecule has 0 aromatic rings. The molecule has 0 spiro atoms. The van der Waals surface area contributed by atoms with E-state index in [1.54, 1.807) is 0 Å². The molecule has 0 aromatic heterocycles. The van der Waals surface area contributed by atoms with Crippen LogP contribution in [-0.4, -0.2) is 24.2 Å². The number of carboxylic acids is 1. The quantitative estimate of drug-likeness (QED) is 0.642. The van der Waals surface area contributed by atoms with Crippen LogP contribution in [0.2, 0.25) is 0 Å². The van der Waals surface area contributed by atoms with Crippen molar-refractivity contribution in [2.75, 3.05) is 13.1 Å². The number of nitrogens with one attached hydrogen (secondary N) is 1. The summed E-state index contributed by atoms with van der Waals surface area (Å²) in [5.41, 5.74) is -0.434. The van der Waals surface area contributed by atoms with Crippen molar-refractivity contribution < 1.29 is 9.90 Å². The molecule has 0 atom stereocenters. The molecule has 0 aromatic carbocycles. The van der Waals surface area contributed by atoms with E-state index < -0.39 is 11.4 Å². The van der Waals surface area contributed by atoms with E-state index in [-0.39, 0.29) is 0 Å². The van der Waals surface area contributed by atoms with E-state index in [0.717, 1.165) is 32.2 Å². The van der Waals surface area contributed by atoms with Crippen molar-refractivity contribution in [3.63, 3.8) is 0 Å². The molecule has 0 saturated heterocycles. The molecule has 0 radical (unpaired) electrons. The lowest BCUT2D eigenvalue weighted by Gasteiger charge is -2.37. The van der Waals surface area contributed by atoms with Crippen molar-refractivity contribution in [1.29, 1.82) is 0 Å². The second kappa shape index (κ2) is 4.78. The van der Waals surface area contributed by atoms with Gasteiger partial charge in [0.15, 0.2) is 0 Å². The van der Waals surface area contributed by atoms with Crippen molar-refractivity contribution in [3.8, 4) is 0 Å². The molecule has 0 unspecified atom stereocenters. The summed E-state index contributed by atoms with van der Waals surface area (Å²) in [5, 5.41) is 12.3. The summed E-state index contributed by atoms with van der Waals surface area (Å²) >= 11 is 0. The number of rotatable bonds is 6. The predicted molar refractivity (Wildman–Crippen MR) is 56.2 cm³/mol. The van der Waals surface area contributed by atoms with Crippen LogP contribution in [0.5, 0.6) is 0 Å². The fourth-order valence-corrected chi connectivity index (χ4v) is 1.79. The van der Waals surface area contributed by atoms with E-state index in [1.807, 2.05) is 0 Å². The van der Waals surface area contributed by atoms with Gasteiger partial charge in [0, 0.05) is 6.54 Å². The van der Waals surface area contributed by atoms with E-state index in [1.165, 1.54) is 0 Å². The SMILES string of the molecule is CC(C)CCNCC1(C(=O)O)CCC1. The van der Waals surface area contributed by atoms with Crippen molar-refractivity contribution in [2.45, 2.75) is 39.5 Å². The Morgan fingerprint density at radius 3 is 2.50 bits per heavy atom. The maximum absolute atomic E-state index is 11.0. The topological polar surface area (TPSA) is 49.3 Å². The highest BCUT2D eigenvalue weighted by Gasteiger charge is 2.43. The van der Waals surface area contributed by atoms with E-state index in [0.29, 0.717) is 12.5 Å². The van der Waals surface area contributed by atoms with Crippen molar-refractivity contribution in [2.24, 2.45) is 11.3 Å². The van der Waals surface area contributed by atoms with Gasteiger partial charge in [-0.1, -0.05) is 20.3 Å². The van der Waals surface area contributed by atoms with E-state index in [4.69, 9.17) is 5.11 Å². The van der Waals surface area contributed by atoms with Crippen LogP contribution in [0.4, 0.5) is 0 Å². The molecule has 1 saturated carbocycles. The van der Waals surface area contributed by atoms with Crippen molar-refractivity contribution in [1.82, 2.24) is 5.32 Å². The van der Waals surface area contributed by atoms with Gasteiger partial charge in [0.25, 0.3) is 0 Å². The Bertz CT molecular complexity index is 197. The van der Waals surface area contributed by atoms with Crippen LogP contribution in [0.1, 0.15) is 39.5 Å². The van der Waals surface area contributed by atoms with Gasteiger partial charge in [-0.25, -0.2) is 0 Å². The third kappa shape index (κ3) is 2.71. The van der Waals surface area contributed by atoms with Crippen LogP contribution >= 0.6 is 0 Å². The Hall–Kier alpha value is -0.570. The third-order valence-electron chi connectivity index (χ3n) is 3.13. The van der Waals surface area contributed by atoms with Gasteiger partial charge in [-0.05, 0) is 31.7 Å². The Labute approximate surface area is 85.9 Å². The van der Waals surface area contributed by atoms with Gasteiger partial charge in [-0.3, -0.25) is 4.79 Å². The highest BCUT2D eigenvalue weighted by Crippen LogP contribution is 2.40. The molecule has 3 nitrogen and oxygen atoms in total. The van der Waals surface area contributed by atoms with Crippen molar-refractivity contribution in [3.05, 3.63) is 0 Å². The zero-order valence-electron chi connectivity index (χ0n) is 9.18. The Kier molecular flexibility index (Phi) is 3.93. The normalized spacial score (nSPS) is 19.4. The lowest BCUT2D eigenvalue weighted by Crippen LogP contribution is -2.46. The first-order valence-corrected chi connectivity index (χ1v) is 5.51. The van der Waals surface area contributed by atoms with Crippen LogP contribution in [0.3, 0.4) is 0 Å². The molecule has 1 aliphatic rings. The molecule has 1 fully saturated rings. The smallest absolute Gasteiger partial charge is 0.310 e. The second-order valence-corrected chi connectivity index (χ2v) is 4.80. The second-order valence-electron chi connectivity index (χ2n) is 4.80. The molecule has 1 rings (SSSR count). The average Bonchev–Trinajstić information content (AvgIpc) is 1.99. The van der Waals surface area contributed by atoms with E-state index in [9.17, 15) is 4.79 Å². The first-order valence-electron chi connectivity index (χ1n) is 5.51. The van der Waals surface area contributed by atoms with Gasteiger partial charge in [0.2, 0.25) is 0 Å². The minimum Gasteiger partial charge on any atom is -0.481 e.